The Kier molecular flexibility index (Phi) is 6.04. The monoisotopic (exact) mass is 502 g/mol. The first-order valence-corrected chi connectivity index (χ1v) is 12.8. The van der Waals surface area contributed by atoms with Crippen LogP contribution in [0, 0.1) is 0 Å². The second kappa shape index (κ2) is 9.79. The molecular weight excluding hydrogens is 480 g/mol. The standard InChI is InChI=1S/C30H22N4O2S/c35-28(32-23-15-14-20-8-4-5-9-21(20)16-23)19-37-30-33-27(29(36)34(30)25-11-2-1-3-12-25)18-24-17-22-10-6-7-13-26(22)31-24/h1-18,36H,19H2,(H,32,35)/b24-18+. The van der Waals surface area contributed by atoms with E-state index in [-0.39, 0.29) is 17.5 Å². The summed E-state index contributed by atoms with van der Waals surface area (Å²) in [6.07, 6.45) is 3.72. The quantitative estimate of drug-likeness (QED) is 0.323. The van der Waals surface area contributed by atoms with Gasteiger partial charge in [0.05, 0.1) is 22.5 Å². The van der Waals surface area contributed by atoms with Crippen LogP contribution < -0.4 is 15.9 Å². The first kappa shape index (κ1) is 22.8. The molecule has 0 radical (unpaired) electrons. The Morgan fingerprint density at radius 1 is 0.919 bits per heavy atom. The Morgan fingerprint density at radius 2 is 1.68 bits per heavy atom. The molecule has 0 saturated heterocycles. The number of carbonyl (C=O) groups is 1. The largest absolute Gasteiger partial charge is 0.493 e. The van der Waals surface area contributed by atoms with E-state index in [2.05, 4.69) is 15.3 Å². The molecule has 1 aliphatic rings. The summed E-state index contributed by atoms with van der Waals surface area (Å²) in [5.74, 6) is -0.0267. The Labute approximate surface area is 217 Å². The number of rotatable bonds is 6. The van der Waals surface area contributed by atoms with E-state index in [1.54, 1.807) is 10.6 Å². The molecule has 0 spiro atoms. The lowest BCUT2D eigenvalue weighted by Crippen LogP contribution is -2.19. The highest BCUT2D eigenvalue weighted by molar-refractivity contribution is 7.99. The highest BCUT2D eigenvalue weighted by Crippen LogP contribution is 2.32. The van der Waals surface area contributed by atoms with Crippen molar-refractivity contribution in [3.63, 3.8) is 0 Å². The maximum atomic E-state index is 12.8. The van der Waals surface area contributed by atoms with Gasteiger partial charge in [0, 0.05) is 10.9 Å². The Morgan fingerprint density at radius 3 is 2.51 bits per heavy atom. The van der Waals surface area contributed by atoms with Crippen molar-refractivity contribution in [2.75, 3.05) is 11.1 Å². The van der Waals surface area contributed by atoms with E-state index in [1.807, 2.05) is 103 Å². The second-order valence-electron chi connectivity index (χ2n) is 8.56. The molecule has 0 saturated carbocycles. The lowest BCUT2D eigenvalue weighted by atomic mass is 10.1. The summed E-state index contributed by atoms with van der Waals surface area (Å²) in [5, 5.41) is 18.7. The van der Waals surface area contributed by atoms with E-state index in [4.69, 9.17) is 0 Å². The van der Waals surface area contributed by atoms with Gasteiger partial charge in [0.15, 0.2) is 5.16 Å². The molecule has 37 heavy (non-hydrogen) atoms. The first-order valence-electron chi connectivity index (χ1n) is 11.8. The van der Waals surface area contributed by atoms with Gasteiger partial charge in [0.2, 0.25) is 11.8 Å². The fraction of sp³-hybridized carbons (Fsp3) is 0.0333. The third-order valence-corrected chi connectivity index (χ3v) is 6.94. The summed E-state index contributed by atoms with van der Waals surface area (Å²) in [5.41, 5.74) is 2.59. The normalized spacial score (nSPS) is 13.2. The van der Waals surface area contributed by atoms with Gasteiger partial charge in [-0.15, -0.1) is 0 Å². The van der Waals surface area contributed by atoms with Crippen molar-refractivity contribution in [2.24, 2.45) is 4.99 Å². The molecule has 6 nitrogen and oxygen atoms in total. The van der Waals surface area contributed by atoms with Crippen LogP contribution in [0.4, 0.5) is 5.69 Å². The smallest absolute Gasteiger partial charge is 0.234 e. The molecule has 1 aromatic heterocycles. The van der Waals surface area contributed by atoms with Gasteiger partial charge in [-0.1, -0.05) is 78.5 Å². The van der Waals surface area contributed by atoms with Crippen LogP contribution in [-0.4, -0.2) is 26.3 Å². The number of fused-ring (bicyclic) bond motifs is 2. The number of hydrogen-bond acceptors (Lipinski definition) is 5. The van der Waals surface area contributed by atoms with E-state index in [0.29, 0.717) is 16.5 Å². The van der Waals surface area contributed by atoms with Crippen molar-refractivity contribution in [3.05, 3.63) is 119 Å². The van der Waals surface area contributed by atoms with Crippen molar-refractivity contribution >= 4 is 46.3 Å². The maximum Gasteiger partial charge on any atom is 0.234 e. The van der Waals surface area contributed by atoms with Crippen molar-refractivity contribution in [2.45, 2.75) is 5.16 Å². The van der Waals surface area contributed by atoms with Gasteiger partial charge in [-0.3, -0.25) is 9.36 Å². The summed E-state index contributed by atoms with van der Waals surface area (Å²) >= 11 is 1.26. The Balaban J connectivity index is 1.27. The third-order valence-electron chi connectivity index (χ3n) is 6.00. The third kappa shape index (κ3) is 4.77. The summed E-state index contributed by atoms with van der Waals surface area (Å²) in [4.78, 5) is 22.1. The number of aromatic nitrogens is 2. The van der Waals surface area contributed by atoms with E-state index in [0.717, 1.165) is 32.7 Å². The SMILES string of the molecule is O=C(CSc1nc(/C=C2\C=c3ccccc3=N2)c(O)n1-c1ccccc1)Nc1ccc2ccccc2c1. The zero-order chi connectivity index (χ0) is 25.2. The molecule has 1 aliphatic heterocycles. The van der Waals surface area contributed by atoms with Gasteiger partial charge in [-0.2, -0.15) is 0 Å². The van der Waals surface area contributed by atoms with E-state index < -0.39 is 0 Å². The molecule has 6 rings (SSSR count). The number of amides is 1. The van der Waals surface area contributed by atoms with E-state index >= 15 is 0 Å². The van der Waals surface area contributed by atoms with Gasteiger partial charge in [-0.05, 0) is 53.3 Å². The minimum absolute atomic E-state index is 0.00399. The molecule has 0 unspecified atom stereocenters. The van der Waals surface area contributed by atoms with Crippen LogP contribution in [0.5, 0.6) is 5.88 Å². The minimum atomic E-state index is -0.156. The number of carbonyl (C=O) groups excluding carboxylic acids is 1. The van der Waals surface area contributed by atoms with Gasteiger partial charge in [0.25, 0.3) is 0 Å². The molecule has 0 bridgehead atoms. The summed E-state index contributed by atoms with van der Waals surface area (Å²) in [7, 11) is 0. The molecular formula is C30H22N4O2S. The molecule has 0 fully saturated rings. The summed E-state index contributed by atoms with van der Waals surface area (Å²) in [6, 6.07) is 31.2. The number of thioether (sulfide) groups is 1. The van der Waals surface area contributed by atoms with Crippen molar-refractivity contribution in [3.8, 4) is 11.6 Å². The van der Waals surface area contributed by atoms with Crippen LogP contribution in [0.1, 0.15) is 5.69 Å². The van der Waals surface area contributed by atoms with Gasteiger partial charge < -0.3 is 10.4 Å². The average Bonchev–Trinajstić information content (AvgIpc) is 3.48. The summed E-state index contributed by atoms with van der Waals surface area (Å²) < 4.78 is 1.66. The number of imidazole rings is 1. The predicted molar refractivity (Wildman–Crippen MR) is 148 cm³/mol. The Hall–Kier alpha value is -4.62. The van der Waals surface area contributed by atoms with Crippen LogP contribution in [-0.2, 0) is 4.79 Å². The molecule has 180 valence electrons. The highest BCUT2D eigenvalue weighted by atomic mass is 32.2. The van der Waals surface area contributed by atoms with Gasteiger partial charge in [-0.25, -0.2) is 9.98 Å². The number of benzene rings is 4. The zero-order valence-electron chi connectivity index (χ0n) is 19.7. The van der Waals surface area contributed by atoms with Crippen molar-refractivity contribution in [1.29, 1.82) is 0 Å². The number of para-hydroxylation sites is 2. The second-order valence-corrected chi connectivity index (χ2v) is 9.50. The lowest BCUT2D eigenvalue weighted by molar-refractivity contribution is -0.113. The number of anilines is 1. The summed E-state index contributed by atoms with van der Waals surface area (Å²) in [6.45, 7) is 0. The first-order chi connectivity index (χ1) is 18.1. The Bertz CT molecular complexity index is 1750. The van der Waals surface area contributed by atoms with Crippen LogP contribution >= 0.6 is 11.8 Å². The predicted octanol–water partition coefficient (Wildman–Crippen LogP) is 4.92. The molecule has 0 aliphatic carbocycles. The maximum absolute atomic E-state index is 12.8. The van der Waals surface area contributed by atoms with Gasteiger partial charge >= 0.3 is 0 Å². The number of aromatic hydroxyl groups is 1. The van der Waals surface area contributed by atoms with Crippen molar-refractivity contribution < 1.29 is 9.90 Å². The van der Waals surface area contributed by atoms with Crippen molar-refractivity contribution in [1.82, 2.24) is 9.55 Å². The average molecular weight is 503 g/mol. The van der Waals surface area contributed by atoms with Crippen LogP contribution in [0.25, 0.3) is 28.6 Å². The molecule has 7 heteroatoms. The number of nitrogens with zero attached hydrogens (tertiary/aromatic N) is 3. The van der Waals surface area contributed by atoms with E-state index in [9.17, 15) is 9.90 Å². The lowest BCUT2D eigenvalue weighted by Gasteiger charge is -2.09. The number of hydrogen-bond donors (Lipinski definition) is 2. The molecule has 4 aromatic carbocycles. The van der Waals surface area contributed by atoms with E-state index in [1.165, 1.54) is 11.8 Å². The molecule has 1 amide bonds. The zero-order valence-corrected chi connectivity index (χ0v) is 20.5. The topological polar surface area (TPSA) is 79.5 Å². The molecule has 2 heterocycles. The fourth-order valence-electron chi connectivity index (χ4n) is 4.26. The number of allylic oxidation sites excluding steroid dienone is 1. The highest BCUT2D eigenvalue weighted by Gasteiger charge is 2.19. The van der Waals surface area contributed by atoms with Crippen LogP contribution in [0.3, 0.4) is 0 Å². The molecule has 2 N–H and O–H groups in total. The van der Waals surface area contributed by atoms with Gasteiger partial charge in [0.1, 0.15) is 5.69 Å². The molecule has 0 atom stereocenters. The van der Waals surface area contributed by atoms with Crippen LogP contribution in [0.15, 0.2) is 113 Å². The minimum Gasteiger partial charge on any atom is -0.493 e. The number of nitrogens with one attached hydrogen (secondary N) is 1. The fourth-order valence-corrected chi connectivity index (χ4v) is 5.08. The van der Waals surface area contributed by atoms with Crippen LogP contribution in [0.2, 0.25) is 0 Å². The molecule has 5 aromatic rings.